The van der Waals surface area contributed by atoms with Crippen molar-refractivity contribution in [3.8, 4) is 0 Å². The monoisotopic (exact) mass is 397 g/mol. The summed E-state index contributed by atoms with van der Waals surface area (Å²) in [5.74, 6) is 0. The van der Waals surface area contributed by atoms with E-state index in [1.807, 2.05) is 13.8 Å². The predicted octanol–water partition coefficient (Wildman–Crippen LogP) is 0.159. The maximum atomic E-state index is 10.9. The number of hydrogen-bond acceptors (Lipinski definition) is 8. The summed E-state index contributed by atoms with van der Waals surface area (Å²) in [6.07, 6.45) is -2.63. The van der Waals surface area contributed by atoms with Crippen LogP contribution in [0, 0.1) is 5.41 Å². The van der Waals surface area contributed by atoms with E-state index in [9.17, 15) is 14.8 Å². The van der Waals surface area contributed by atoms with Crippen LogP contribution in [0.5, 0.6) is 0 Å². The highest BCUT2D eigenvalue weighted by Crippen LogP contribution is 2.51. The summed E-state index contributed by atoms with van der Waals surface area (Å²) in [6, 6.07) is -0.967. The van der Waals surface area contributed by atoms with E-state index in [0.717, 1.165) is 12.8 Å². The third-order valence-corrected chi connectivity index (χ3v) is 5.33. The molecule has 0 radical (unpaired) electrons. The Labute approximate surface area is 154 Å². The van der Waals surface area contributed by atoms with Gasteiger partial charge in [-0.25, -0.2) is 0 Å². The van der Waals surface area contributed by atoms with Gasteiger partial charge in [0.25, 0.3) is 0 Å². The molecule has 0 spiro atoms. The van der Waals surface area contributed by atoms with Gasteiger partial charge in [-0.1, -0.05) is 6.92 Å². The van der Waals surface area contributed by atoms with Crippen LogP contribution in [0.3, 0.4) is 0 Å². The molecule has 6 atom stereocenters. The lowest BCUT2D eigenvalue weighted by molar-refractivity contribution is -0.279. The lowest BCUT2D eigenvalue weighted by Crippen LogP contribution is -2.63. The molecule has 1 saturated carbocycles. The van der Waals surface area contributed by atoms with E-state index in [1.165, 1.54) is 0 Å². The molecule has 0 aromatic carbocycles. The van der Waals surface area contributed by atoms with E-state index in [-0.39, 0.29) is 17.1 Å². The Balaban J connectivity index is 1.91. The molecular formula is C16H32NO8P. The molecule has 5 N–H and O–H groups in total. The number of nitrogens with two attached hydrogens (primary N) is 1. The highest BCUT2D eigenvalue weighted by atomic mass is 31.1. The van der Waals surface area contributed by atoms with Crippen molar-refractivity contribution in [2.75, 3.05) is 13.2 Å². The molecule has 1 heterocycles. The third kappa shape index (κ3) is 5.25. The number of ether oxygens (including phenoxy) is 3. The van der Waals surface area contributed by atoms with Gasteiger partial charge in [-0.3, -0.25) is 4.57 Å². The molecule has 10 heteroatoms. The van der Waals surface area contributed by atoms with Crippen LogP contribution in [0.2, 0.25) is 0 Å². The molecule has 6 unspecified atom stereocenters. The average Bonchev–Trinajstić information content (AvgIpc) is 2.48. The topological polar surface area (TPSA) is 141 Å². The van der Waals surface area contributed by atoms with Gasteiger partial charge in [0.15, 0.2) is 6.29 Å². The minimum absolute atomic E-state index is 0.101. The summed E-state index contributed by atoms with van der Waals surface area (Å²) in [6.45, 7) is 8.01. The van der Waals surface area contributed by atoms with Crippen molar-refractivity contribution < 1.29 is 38.4 Å². The molecule has 0 amide bonds. The minimum atomic E-state index is -3.31. The summed E-state index contributed by atoms with van der Waals surface area (Å²) in [5.41, 5.74) is 5.67. The second-order valence-corrected chi connectivity index (χ2v) is 9.00. The van der Waals surface area contributed by atoms with Crippen LogP contribution in [0.4, 0.5) is 0 Å². The largest absolute Gasteiger partial charge is 0.394 e. The smallest absolute Gasteiger partial charge is 0.317 e. The van der Waals surface area contributed by atoms with E-state index >= 15 is 0 Å². The zero-order valence-corrected chi connectivity index (χ0v) is 16.8. The predicted molar refractivity (Wildman–Crippen MR) is 93.7 cm³/mol. The zero-order valence-electron chi connectivity index (χ0n) is 15.8. The summed E-state index contributed by atoms with van der Waals surface area (Å²) in [7, 11) is -3.31. The van der Waals surface area contributed by atoms with Crippen molar-refractivity contribution in [3.63, 3.8) is 0 Å². The zero-order chi connectivity index (χ0) is 19.7. The van der Waals surface area contributed by atoms with E-state index < -0.39 is 45.5 Å². The first-order chi connectivity index (χ1) is 12.0. The Morgan fingerprint density at radius 3 is 2.46 bits per heavy atom. The number of rotatable bonds is 8. The second-order valence-electron chi connectivity index (χ2n) is 8.23. The van der Waals surface area contributed by atoms with Gasteiger partial charge in [-0.15, -0.1) is 0 Å². The average molecular weight is 397 g/mol. The lowest BCUT2D eigenvalue weighted by atomic mass is 9.61. The molecule has 0 aromatic heterocycles. The van der Waals surface area contributed by atoms with Crippen molar-refractivity contribution >= 4 is 8.25 Å². The molecule has 2 rings (SSSR count). The van der Waals surface area contributed by atoms with Crippen LogP contribution in [0.15, 0.2) is 0 Å². The van der Waals surface area contributed by atoms with Crippen molar-refractivity contribution in [3.05, 3.63) is 0 Å². The van der Waals surface area contributed by atoms with Crippen LogP contribution in [-0.4, -0.2) is 70.7 Å². The summed E-state index contributed by atoms with van der Waals surface area (Å²) < 4.78 is 33.0. The Kier molecular flexibility index (Phi) is 7.27. The summed E-state index contributed by atoms with van der Waals surface area (Å²) >= 11 is 0. The molecule has 26 heavy (non-hydrogen) atoms. The number of aliphatic hydroxyl groups excluding tert-OH is 2. The molecule has 0 bridgehead atoms. The van der Waals surface area contributed by atoms with Gasteiger partial charge >= 0.3 is 8.25 Å². The number of hydrogen-bond donors (Lipinski definition) is 4. The van der Waals surface area contributed by atoms with Crippen LogP contribution in [0.1, 0.15) is 40.5 Å². The van der Waals surface area contributed by atoms with E-state index in [0.29, 0.717) is 6.61 Å². The Bertz CT molecular complexity index is 497. The first kappa shape index (κ1) is 22.2. The summed E-state index contributed by atoms with van der Waals surface area (Å²) in [5, 5.41) is 19.7. The molecule has 0 aromatic rings. The fraction of sp³-hybridized carbons (Fsp3) is 1.00. The Hall–Kier alpha value is -0.0900. The maximum Gasteiger partial charge on any atom is 0.317 e. The highest BCUT2D eigenvalue weighted by molar-refractivity contribution is 7.32. The normalized spacial score (nSPS) is 44.7. The molecule has 1 aliphatic heterocycles. The molecule has 1 saturated heterocycles. The summed E-state index contributed by atoms with van der Waals surface area (Å²) in [4.78, 5) is 8.94. The van der Waals surface area contributed by atoms with Gasteiger partial charge in [-0.05, 0) is 39.0 Å². The quantitative estimate of drug-likeness (QED) is 0.421. The van der Waals surface area contributed by atoms with Gasteiger partial charge in [0.2, 0.25) is 0 Å². The van der Waals surface area contributed by atoms with Gasteiger partial charge in [0, 0.05) is 0 Å². The van der Waals surface area contributed by atoms with Crippen LogP contribution >= 0.6 is 8.25 Å². The van der Waals surface area contributed by atoms with Crippen LogP contribution < -0.4 is 5.73 Å². The second kappa shape index (κ2) is 8.51. The van der Waals surface area contributed by atoms with Crippen molar-refractivity contribution in [2.24, 2.45) is 11.1 Å². The first-order valence-corrected chi connectivity index (χ1v) is 10.1. The van der Waals surface area contributed by atoms with Crippen LogP contribution in [-0.2, 0) is 23.3 Å². The van der Waals surface area contributed by atoms with Gasteiger partial charge < -0.3 is 39.6 Å². The van der Waals surface area contributed by atoms with E-state index in [1.54, 1.807) is 0 Å². The van der Waals surface area contributed by atoms with Gasteiger partial charge in [0.05, 0.1) is 31.0 Å². The first-order valence-electron chi connectivity index (χ1n) is 8.87. The Morgan fingerprint density at radius 2 is 1.96 bits per heavy atom. The fourth-order valence-corrected chi connectivity index (χ4v) is 4.82. The molecular weight excluding hydrogens is 365 g/mol. The maximum absolute atomic E-state index is 10.9. The van der Waals surface area contributed by atoms with Crippen molar-refractivity contribution in [2.45, 2.75) is 82.9 Å². The Morgan fingerprint density at radius 1 is 1.35 bits per heavy atom. The minimum Gasteiger partial charge on any atom is -0.394 e. The molecule has 9 nitrogen and oxygen atoms in total. The SMILES string of the molecule is CC(C)OC1(C)CC(C)(COC2OC(CO)C(O[PH](=O)O)C(O)C2N)C1. The van der Waals surface area contributed by atoms with Gasteiger partial charge in [0.1, 0.15) is 18.3 Å². The van der Waals surface area contributed by atoms with Gasteiger partial charge in [-0.2, -0.15) is 0 Å². The third-order valence-electron chi connectivity index (χ3n) is 4.86. The molecule has 2 aliphatic rings. The fourth-order valence-electron chi connectivity index (χ4n) is 4.29. The molecule has 154 valence electrons. The molecule has 2 fully saturated rings. The van der Waals surface area contributed by atoms with Crippen LogP contribution in [0.25, 0.3) is 0 Å². The lowest BCUT2D eigenvalue weighted by Gasteiger charge is -2.53. The van der Waals surface area contributed by atoms with Crippen molar-refractivity contribution in [1.29, 1.82) is 0 Å². The molecule has 1 aliphatic carbocycles. The number of aliphatic hydroxyl groups is 2. The van der Waals surface area contributed by atoms with Crippen molar-refractivity contribution in [1.82, 2.24) is 0 Å². The van der Waals surface area contributed by atoms with E-state index in [2.05, 4.69) is 13.8 Å². The van der Waals surface area contributed by atoms with E-state index in [4.69, 9.17) is 29.4 Å². The standard InChI is InChI=1S/C16H32NO8P/c1-9(2)24-16(4)6-15(3,7-16)8-22-14-11(17)12(19)13(25-26(20)21)10(5-18)23-14/h9-14,18-19,26H,5-8,17H2,1-4H3,(H,20,21). The highest BCUT2D eigenvalue weighted by Gasteiger charge is 2.52.